The topological polar surface area (TPSA) is 96.2 Å². The normalized spacial score (nSPS) is 7.43. The Balaban J connectivity index is -0.000000360. The molecular formula is C26H28FeN6S2. The quantitative estimate of drug-likeness (QED) is 0.136. The molecule has 0 atom stereocenters. The maximum Gasteiger partial charge on any atom is 2.00 e. The predicted molar refractivity (Wildman–Crippen MR) is 148 cm³/mol. The molecule has 4 rings (SSSR count). The van der Waals surface area contributed by atoms with Crippen LogP contribution in [0.3, 0.4) is 0 Å². The number of thiocarbonyl (C=S) groups is 2. The Bertz CT molecular complexity index is 864. The van der Waals surface area contributed by atoms with Crippen LogP contribution in [0, 0.1) is 27.7 Å². The molecule has 4 aromatic rings. The summed E-state index contributed by atoms with van der Waals surface area (Å²) in [7, 11) is 0. The van der Waals surface area contributed by atoms with Crippen LogP contribution in [0.1, 0.15) is 22.3 Å². The molecule has 0 N–H and O–H groups in total. The average Bonchev–Trinajstić information content (AvgIpc) is 2.83. The van der Waals surface area contributed by atoms with Gasteiger partial charge in [-0.1, -0.05) is 24.4 Å². The fourth-order valence-corrected chi connectivity index (χ4v) is 1.71. The summed E-state index contributed by atoms with van der Waals surface area (Å²) in [6.07, 6.45) is 14.3. The van der Waals surface area contributed by atoms with E-state index in [0.717, 1.165) is 0 Å². The second-order valence-electron chi connectivity index (χ2n) is 6.28. The molecule has 0 saturated carbocycles. The molecule has 0 aliphatic carbocycles. The maximum absolute atomic E-state index is 7.13. The Morgan fingerprint density at radius 1 is 0.457 bits per heavy atom. The van der Waals surface area contributed by atoms with Gasteiger partial charge in [-0.3, -0.25) is 19.9 Å². The van der Waals surface area contributed by atoms with Crippen molar-refractivity contribution in [3.05, 3.63) is 131 Å². The van der Waals surface area contributed by atoms with Gasteiger partial charge < -0.3 is 10.8 Å². The number of rotatable bonds is 0. The van der Waals surface area contributed by atoms with E-state index in [1.54, 1.807) is 49.6 Å². The summed E-state index contributed by atoms with van der Waals surface area (Å²) in [5, 5.41) is 16.9. The summed E-state index contributed by atoms with van der Waals surface area (Å²) in [6.45, 7) is 8.17. The fourth-order valence-electron chi connectivity index (χ4n) is 1.71. The Hall–Kier alpha value is -3.28. The Labute approximate surface area is 229 Å². The zero-order valence-corrected chi connectivity index (χ0v) is 22.8. The first-order valence-electron chi connectivity index (χ1n) is 9.90. The van der Waals surface area contributed by atoms with E-state index in [0.29, 0.717) is 0 Å². The molecule has 9 heteroatoms. The van der Waals surface area contributed by atoms with E-state index < -0.39 is 0 Å². The Morgan fingerprint density at radius 3 is 0.629 bits per heavy atom. The number of isothiocyanates is 2. The molecule has 0 fully saturated rings. The van der Waals surface area contributed by atoms with E-state index in [2.05, 4.69) is 44.4 Å². The van der Waals surface area contributed by atoms with Gasteiger partial charge in [0.25, 0.3) is 0 Å². The van der Waals surface area contributed by atoms with Gasteiger partial charge in [-0.2, -0.15) is 10.3 Å². The smallest absolute Gasteiger partial charge is 0.753 e. The van der Waals surface area contributed by atoms with Crippen LogP contribution in [0.25, 0.3) is 10.8 Å². The summed E-state index contributed by atoms with van der Waals surface area (Å²) in [5.74, 6) is 0. The molecule has 0 unspecified atom stereocenters. The van der Waals surface area contributed by atoms with Crippen LogP contribution in [0.15, 0.2) is 98.1 Å². The molecular weight excluding hydrogens is 516 g/mol. The van der Waals surface area contributed by atoms with Crippen LogP contribution >= 0.6 is 24.4 Å². The van der Waals surface area contributed by atoms with E-state index in [1.807, 2.05) is 76.2 Å². The third-order valence-electron chi connectivity index (χ3n) is 3.39. The van der Waals surface area contributed by atoms with E-state index in [4.69, 9.17) is 10.8 Å². The van der Waals surface area contributed by atoms with Crippen molar-refractivity contribution in [1.29, 1.82) is 0 Å². The van der Waals surface area contributed by atoms with Crippen molar-refractivity contribution in [2.24, 2.45) is 0 Å². The first kappa shape index (κ1) is 36.3. The molecule has 0 aliphatic rings. The third-order valence-corrected chi connectivity index (χ3v) is 3.39. The Kier molecular flexibility index (Phi) is 29.8. The standard InChI is InChI=1S/4C6H7N.2CNS.Fe/c4*1-6-2-4-7-5-3-6;2*2-1-3;/h4*2-5H,1H3;;;/q;;;;2*-1;+2. The number of hydrogen-bond donors (Lipinski definition) is 0. The largest absolute Gasteiger partial charge is 2.00 e. The van der Waals surface area contributed by atoms with Crippen molar-refractivity contribution in [2.75, 3.05) is 0 Å². The minimum Gasteiger partial charge on any atom is -0.753 e. The van der Waals surface area contributed by atoms with Gasteiger partial charge in [-0.25, -0.2) is 0 Å². The van der Waals surface area contributed by atoms with Crippen molar-refractivity contribution >= 4 is 34.8 Å². The summed E-state index contributed by atoms with van der Waals surface area (Å²) in [5.41, 5.74) is 5.04. The van der Waals surface area contributed by atoms with Crippen molar-refractivity contribution in [2.45, 2.75) is 27.7 Å². The number of hydrogen-bond acceptors (Lipinski definition) is 6. The van der Waals surface area contributed by atoms with Crippen molar-refractivity contribution in [1.82, 2.24) is 19.9 Å². The zero-order valence-electron chi connectivity index (χ0n) is 20.1. The summed E-state index contributed by atoms with van der Waals surface area (Å²) >= 11 is 7.40. The van der Waals surface area contributed by atoms with Crippen LogP contribution in [0.5, 0.6) is 0 Å². The van der Waals surface area contributed by atoms with E-state index in [-0.39, 0.29) is 17.1 Å². The molecule has 0 aromatic carbocycles. The zero-order chi connectivity index (χ0) is 25.9. The summed E-state index contributed by atoms with van der Waals surface area (Å²) < 4.78 is 0. The molecule has 4 aromatic heterocycles. The summed E-state index contributed by atoms with van der Waals surface area (Å²) in [6, 6.07) is 15.8. The minimum atomic E-state index is 0. The van der Waals surface area contributed by atoms with Gasteiger partial charge in [0, 0.05) is 49.6 Å². The average molecular weight is 545 g/mol. The second-order valence-corrected chi connectivity index (χ2v) is 6.65. The number of nitrogens with zero attached hydrogens (tertiary/aromatic N) is 6. The van der Waals surface area contributed by atoms with Gasteiger partial charge in [0.1, 0.15) is 0 Å². The van der Waals surface area contributed by atoms with Crippen molar-refractivity contribution in [3.63, 3.8) is 0 Å². The van der Waals surface area contributed by atoms with Gasteiger partial charge in [0.05, 0.1) is 0 Å². The van der Waals surface area contributed by atoms with E-state index in [1.165, 1.54) is 32.6 Å². The van der Waals surface area contributed by atoms with Crippen molar-refractivity contribution < 1.29 is 17.1 Å². The SMILES string of the molecule is Cc1ccncc1.Cc1ccncc1.Cc1ccncc1.Cc1ccncc1.[Fe+2].[N-]=C=S.[N-]=C=S. The molecule has 6 nitrogen and oxygen atoms in total. The molecule has 0 radical (unpaired) electrons. The molecule has 182 valence electrons. The van der Waals surface area contributed by atoms with Gasteiger partial charge >= 0.3 is 17.1 Å². The maximum atomic E-state index is 7.13. The first-order chi connectivity index (χ1) is 16.4. The molecule has 0 aliphatic heterocycles. The summed E-state index contributed by atoms with van der Waals surface area (Å²) in [4.78, 5) is 15.4. The number of pyridine rings is 4. The molecule has 0 bridgehead atoms. The second kappa shape index (κ2) is 28.8. The van der Waals surface area contributed by atoms with E-state index in [9.17, 15) is 0 Å². The predicted octanol–water partition coefficient (Wildman–Crippen LogP) is 6.87. The van der Waals surface area contributed by atoms with Gasteiger partial charge in [-0.05, 0) is 98.5 Å². The van der Waals surface area contributed by atoms with Crippen molar-refractivity contribution in [3.8, 4) is 0 Å². The monoisotopic (exact) mass is 544 g/mol. The van der Waals surface area contributed by atoms with Crippen LogP contribution in [0.2, 0.25) is 0 Å². The van der Waals surface area contributed by atoms with Gasteiger partial charge in [-0.15, -0.1) is 0 Å². The van der Waals surface area contributed by atoms with E-state index >= 15 is 0 Å². The van der Waals surface area contributed by atoms with Gasteiger partial charge in [0.2, 0.25) is 0 Å². The van der Waals surface area contributed by atoms with Crippen LogP contribution < -0.4 is 0 Å². The Morgan fingerprint density at radius 2 is 0.571 bits per heavy atom. The number of aryl methyl sites for hydroxylation is 4. The molecule has 0 amide bonds. The molecule has 0 saturated heterocycles. The molecule has 0 spiro atoms. The fraction of sp³-hybridized carbons (Fsp3) is 0.154. The van der Waals surface area contributed by atoms with Crippen LogP contribution in [-0.2, 0) is 17.1 Å². The first-order valence-corrected chi connectivity index (χ1v) is 10.7. The minimum absolute atomic E-state index is 0. The number of aromatic nitrogens is 4. The van der Waals surface area contributed by atoms with Crippen LogP contribution in [-0.4, -0.2) is 30.3 Å². The van der Waals surface area contributed by atoms with Gasteiger partial charge in [0.15, 0.2) is 0 Å². The molecule has 35 heavy (non-hydrogen) atoms. The third kappa shape index (κ3) is 30.7. The van der Waals surface area contributed by atoms with Crippen LogP contribution in [0.4, 0.5) is 0 Å². The molecule has 4 heterocycles.